The molecule has 0 aromatic carbocycles. The fraction of sp³-hybridized carbons (Fsp3) is 0.412. The minimum Gasteiger partial charge on any atom is -0.343 e. The first-order valence-electron chi connectivity index (χ1n) is 7.55. The Morgan fingerprint density at radius 3 is 1.83 bits per heavy atom. The van der Waals surface area contributed by atoms with Crippen molar-refractivity contribution in [2.24, 2.45) is 9.98 Å². The van der Waals surface area contributed by atoms with Crippen LogP contribution in [0.15, 0.2) is 45.0 Å². The number of thiophene rings is 2. The van der Waals surface area contributed by atoms with Crippen molar-refractivity contribution < 1.29 is 9.47 Å². The normalized spacial score (nSPS) is 24.1. The standard InChI is InChI=1S/C17H20N2O2S2/c1-17(2)20-15(11-18-9-13-5-3-7-22-13)16(21-17)12-19-10-14-6-4-8-23-14/h3-10,15-16H,11-12H2,1-2H3/t15-,16-/m0/s1. The van der Waals surface area contributed by atoms with Gasteiger partial charge >= 0.3 is 0 Å². The largest absolute Gasteiger partial charge is 0.343 e. The van der Waals surface area contributed by atoms with E-state index in [1.165, 1.54) is 0 Å². The molecule has 0 amide bonds. The molecule has 2 atom stereocenters. The Balaban J connectivity index is 1.57. The zero-order valence-electron chi connectivity index (χ0n) is 13.2. The van der Waals surface area contributed by atoms with Gasteiger partial charge in [-0.2, -0.15) is 0 Å². The molecule has 1 aliphatic rings. The molecule has 1 fully saturated rings. The summed E-state index contributed by atoms with van der Waals surface area (Å²) in [5.74, 6) is -0.577. The molecule has 0 N–H and O–H groups in total. The van der Waals surface area contributed by atoms with Crippen molar-refractivity contribution in [1.82, 2.24) is 0 Å². The Kier molecular flexibility index (Phi) is 5.38. The Morgan fingerprint density at radius 1 is 0.957 bits per heavy atom. The van der Waals surface area contributed by atoms with Gasteiger partial charge in [-0.3, -0.25) is 9.98 Å². The average molecular weight is 348 g/mol. The zero-order valence-corrected chi connectivity index (χ0v) is 14.8. The third kappa shape index (κ3) is 4.81. The highest BCUT2D eigenvalue weighted by molar-refractivity contribution is 7.12. The van der Waals surface area contributed by atoms with Gasteiger partial charge in [0.25, 0.3) is 0 Å². The first-order chi connectivity index (χ1) is 11.1. The third-order valence-electron chi connectivity index (χ3n) is 3.38. The van der Waals surface area contributed by atoms with E-state index in [1.807, 2.05) is 61.3 Å². The number of nitrogens with zero attached hydrogens (tertiary/aromatic N) is 2. The van der Waals surface area contributed by atoms with Gasteiger partial charge in [0, 0.05) is 22.2 Å². The molecular weight excluding hydrogens is 328 g/mol. The summed E-state index contributed by atoms with van der Waals surface area (Å²) in [5.41, 5.74) is 0. The second-order valence-corrected chi connectivity index (χ2v) is 7.69. The van der Waals surface area contributed by atoms with E-state index < -0.39 is 5.79 Å². The molecular formula is C17H20N2O2S2. The maximum atomic E-state index is 5.96. The molecule has 3 heterocycles. The summed E-state index contributed by atoms with van der Waals surface area (Å²) in [6.45, 7) is 5.04. The van der Waals surface area contributed by atoms with Crippen LogP contribution in [0.3, 0.4) is 0 Å². The van der Waals surface area contributed by atoms with E-state index >= 15 is 0 Å². The van der Waals surface area contributed by atoms with Crippen LogP contribution in [0.1, 0.15) is 23.6 Å². The van der Waals surface area contributed by atoms with Crippen molar-refractivity contribution in [2.45, 2.75) is 31.8 Å². The molecule has 0 radical (unpaired) electrons. The second-order valence-electron chi connectivity index (χ2n) is 5.73. The molecule has 3 rings (SSSR count). The van der Waals surface area contributed by atoms with E-state index in [0.717, 1.165) is 9.75 Å². The minimum atomic E-state index is -0.577. The third-order valence-corrected chi connectivity index (χ3v) is 4.99. The zero-order chi connectivity index (χ0) is 16.1. The summed E-state index contributed by atoms with van der Waals surface area (Å²) in [4.78, 5) is 11.3. The van der Waals surface area contributed by atoms with E-state index in [4.69, 9.17) is 9.47 Å². The summed E-state index contributed by atoms with van der Waals surface area (Å²) in [7, 11) is 0. The number of rotatable bonds is 6. The van der Waals surface area contributed by atoms with Crippen molar-refractivity contribution in [3.63, 3.8) is 0 Å². The van der Waals surface area contributed by atoms with Crippen LogP contribution in [-0.4, -0.2) is 43.5 Å². The number of ether oxygens (including phenoxy) is 2. The molecule has 1 aliphatic heterocycles. The highest BCUT2D eigenvalue weighted by Crippen LogP contribution is 2.28. The van der Waals surface area contributed by atoms with Crippen LogP contribution in [0.25, 0.3) is 0 Å². The SMILES string of the molecule is CC1(C)O[C@@H](CN=Cc2cccs2)[C@H](CN=Cc2cccs2)O1. The van der Waals surface area contributed by atoms with Gasteiger partial charge in [-0.05, 0) is 36.7 Å². The van der Waals surface area contributed by atoms with Crippen LogP contribution in [-0.2, 0) is 9.47 Å². The monoisotopic (exact) mass is 348 g/mol. The highest BCUT2D eigenvalue weighted by atomic mass is 32.1. The molecule has 23 heavy (non-hydrogen) atoms. The van der Waals surface area contributed by atoms with Crippen LogP contribution in [0, 0.1) is 0 Å². The quantitative estimate of drug-likeness (QED) is 0.744. The van der Waals surface area contributed by atoms with E-state index in [2.05, 4.69) is 9.98 Å². The number of hydrogen-bond acceptors (Lipinski definition) is 6. The van der Waals surface area contributed by atoms with Gasteiger partial charge in [0.1, 0.15) is 12.2 Å². The molecule has 0 saturated carbocycles. The van der Waals surface area contributed by atoms with Gasteiger partial charge in [0.2, 0.25) is 0 Å². The highest BCUT2D eigenvalue weighted by Gasteiger charge is 2.40. The molecule has 0 aliphatic carbocycles. The summed E-state index contributed by atoms with van der Waals surface area (Å²) >= 11 is 3.35. The molecule has 0 spiro atoms. The first kappa shape index (κ1) is 16.5. The molecule has 0 bridgehead atoms. The second kappa shape index (κ2) is 7.49. The Bertz CT molecular complexity index is 592. The van der Waals surface area contributed by atoms with Crippen molar-refractivity contribution in [1.29, 1.82) is 0 Å². The van der Waals surface area contributed by atoms with Crippen molar-refractivity contribution in [2.75, 3.05) is 13.1 Å². The molecule has 2 aromatic heterocycles. The summed E-state index contributed by atoms with van der Waals surface area (Å²) in [6, 6.07) is 8.14. The van der Waals surface area contributed by atoms with E-state index in [-0.39, 0.29) is 12.2 Å². The molecule has 0 unspecified atom stereocenters. The van der Waals surface area contributed by atoms with Crippen LogP contribution < -0.4 is 0 Å². The summed E-state index contributed by atoms with van der Waals surface area (Å²) in [5, 5.41) is 4.09. The lowest BCUT2D eigenvalue weighted by molar-refractivity contribution is -0.144. The lowest BCUT2D eigenvalue weighted by atomic mass is 10.2. The molecule has 122 valence electrons. The van der Waals surface area contributed by atoms with Crippen molar-refractivity contribution in [3.05, 3.63) is 44.8 Å². The minimum absolute atomic E-state index is 0.0679. The predicted octanol–water partition coefficient (Wildman–Crippen LogP) is 3.87. The van der Waals surface area contributed by atoms with Crippen molar-refractivity contribution >= 4 is 35.1 Å². The predicted molar refractivity (Wildman–Crippen MR) is 97.4 cm³/mol. The van der Waals surface area contributed by atoms with Gasteiger partial charge in [-0.25, -0.2) is 0 Å². The average Bonchev–Trinajstić information content (AvgIpc) is 3.21. The maximum absolute atomic E-state index is 5.96. The first-order valence-corrected chi connectivity index (χ1v) is 9.31. The lowest BCUT2D eigenvalue weighted by Crippen LogP contribution is -2.28. The van der Waals surface area contributed by atoms with Gasteiger partial charge < -0.3 is 9.47 Å². The van der Waals surface area contributed by atoms with Gasteiger partial charge in [0.15, 0.2) is 5.79 Å². The van der Waals surface area contributed by atoms with Gasteiger partial charge in [-0.1, -0.05) is 12.1 Å². The number of aliphatic imine (C=N–C) groups is 2. The Labute approximate surface area is 144 Å². The summed E-state index contributed by atoms with van der Waals surface area (Å²) < 4.78 is 11.9. The molecule has 6 heteroatoms. The van der Waals surface area contributed by atoms with E-state index in [9.17, 15) is 0 Å². The molecule has 2 aromatic rings. The summed E-state index contributed by atoms with van der Waals surface area (Å²) in [6.07, 6.45) is 3.65. The van der Waals surface area contributed by atoms with Gasteiger partial charge in [0.05, 0.1) is 13.1 Å². The maximum Gasteiger partial charge on any atom is 0.163 e. The van der Waals surface area contributed by atoms with E-state index in [1.54, 1.807) is 22.7 Å². The molecule has 4 nitrogen and oxygen atoms in total. The molecule has 1 saturated heterocycles. The van der Waals surface area contributed by atoms with Crippen LogP contribution in [0.2, 0.25) is 0 Å². The Morgan fingerprint density at radius 2 is 1.43 bits per heavy atom. The van der Waals surface area contributed by atoms with Crippen molar-refractivity contribution in [3.8, 4) is 0 Å². The smallest absolute Gasteiger partial charge is 0.163 e. The lowest BCUT2D eigenvalue weighted by Gasteiger charge is -2.16. The van der Waals surface area contributed by atoms with E-state index in [0.29, 0.717) is 13.1 Å². The number of hydrogen-bond donors (Lipinski definition) is 0. The Hall–Kier alpha value is -1.34. The van der Waals surface area contributed by atoms with Crippen LogP contribution in [0.5, 0.6) is 0 Å². The topological polar surface area (TPSA) is 43.2 Å². The fourth-order valence-electron chi connectivity index (χ4n) is 2.44. The van der Waals surface area contributed by atoms with Crippen LogP contribution in [0.4, 0.5) is 0 Å². The fourth-order valence-corrected chi connectivity index (χ4v) is 3.65. The van der Waals surface area contributed by atoms with Crippen LogP contribution >= 0.6 is 22.7 Å². The van der Waals surface area contributed by atoms with Gasteiger partial charge in [-0.15, -0.1) is 22.7 Å².